The van der Waals surface area contributed by atoms with Gasteiger partial charge in [-0.15, -0.1) is 0 Å². The lowest BCUT2D eigenvalue weighted by atomic mass is 9.92. The van der Waals surface area contributed by atoms with Crippen LogP contribution in [0.2, 0.25) is 0 Å². The van der Waals surface area contributed by atoms with Crippen molar-refractivity contribution in [3.63, 3.8) is 0 Å². The number of carbonyl (C=O) groups is 1. The van der Waals surface area contributed by atoms with Gasteiger partial charge in [0, 0.05) is 61.1 Å². The zero-order valence-corrected chi connectivity index (χ0v) is 20.3. The lowest BCUT2D eigenvalue weighted by Crippen LogP contribution is -2.32. The molecule has 1 fully saturated rings. The van der Waals surface area contributed by atoms with Gasteiger partial charge in [-0.1, -0.05) is 24.3 Å². The summed E-state index contributed by atoms with van der Waals surface area (Å²) in [6.07, 6.45) is 11.7. The molecule has 0 unspecified atom stereocenters. The number of hydrogen-bond donors (Lipinski definition) is 1. The van der Waals surface area contributed by atoms with Crippen LogP contribution in [0.5, 0.6) is 0 Å². The van der Waals surface area contributed by atoms with Crippen LogP contribution < -0.4 is 5.32 Å². The van der Waals surface area contributed by atoms with Gasteiger partial charge in [-0.05, 0) is 90.9 Å². The largest absolute Gasteiger partial charge is 0.381 e. The van der Waals surface area contributed by atoms with Crippen LogP contribution in [0.25, 0.3) is 10.8 Å². The quantitative estimate of drug-likeness (QED) is 0.378. The van der Waals surface area contributed by atoms with Crippen LogP contribution in [0, 0.1) is 12.8 Å². The first-order valence-electron chi connectivity index (χ1n) is 12.5. The second kappa shape index (κ2) is 10.7. The highest BCUT2D eigenvalue weighted by molar-refractivity contribution is 5.95. The van der Waals surface area contributed by atoms with Crippen LogP contribution in [-0.4, -0.2) is 33.9 Å². The van der Waals surface area contributed by atoms with E-state index in [-0.39, 0.29) is 5.91 Å². The topological polar surface area (TPSA) is 58.1 Å². The molecule has 1 aliphatic heterocycles. The van der Waals surface area contributed by atoms with Gasteiger partial charge in [-0.25, -0.2) is 0 Å². The van der Waals surface area contributed by atoms with E-state index in [0.717, 1.165) is 61.2 Å². The fraction of sp³-hybridized carbons (Fsp3) is 0.300. The fourth-order valence-electron chi connectivity index (χ4n) is 4.99. The third kappa shape index (κ3) is 5.68. The number of aromatic nitrogens is 2. The number of amides is 1. The Balaban J connectivity index is 1.21. The molecule has 0 saturated carbocycles. The van der Waals surface area contributed by atoms with Gasteiger partial charge in [-0.2, -0.15) is 0 Å². The molecular formula is C30H32N4O. The minimum absolute atomic E-state index is 0.135. The summed E-state index contributed by atoms with van der Waals surface area (Å²) in [5, 5.41) is 5.91. The molecule has 1 saturated heterocycles. The molecule has 5 nitrogen and oxygen atoms in total. The van der Waals surface area contributed by atoms with Gasteiger partial charge in [0.15, 0.2) is 0 Å². The maximum Gasteiger partial charge on any atom is 0.253 e. The number of nitrogens with one attached hydrogen (secondary N) is 1. The lowest BCUT2D eigenvalue weighted by molar-refractivity contribution is 0.0760. The molecule has 0 spiro atoms. The molecule has 1 amide bonds. The Bertz CT molecular complexity index is 1300. The van der Waals surface area contributed by atoms with E-state index in [1.165, 1.54) is 16.3 Å². The SMILES string of the molecule is Cc1ccc(C(=O)N2CCC[C@@H](Cc3ccc4cnccc4c3)CC2)cc1NCc1ccncc1. The minimum atomic E-state index is 0.135. The van der Waals surface area contributed by atoms with Crippen molar-refractivity contribution in [1.29, 1.82) is 0 Å². The number of likely N-dealkylation sites (tertiary alicyclic amines) is 1. The van der Waals surface area contributed by atoms with Crippen LogP contribution >= 0.6 is 0 Å². The zero-order chi connectivity index (χ0) is 24.0. The van der Waals surface area contributed by atoms with Crippen LogP contribution in [-0.2, 0) is 13.0 Å². The van der Waals surface area contributed by atoms with Gasteiger partial charge < -0.3 is 10.2 Å². The number of rotatable bonds is 6. The van der Waals surface area contributed by atoms with Crippen molar-refractivity contribution in [3.05, 3.63) is 102 Å². The number of hydrogen-bond acceptors (Lipinski definition) is 4. The first-order valence-corrected chi connectivity index (χ1v) is 12.5. The van der Waals surface area contributed by atoms with Crippen LogP contribution in [0.1, 0.15) is 46.3 Å². The molecule has 3 heterocycles. The molecule has 0 aliphatic carbocycles. The van der Waals surface area contributed by atoms with Crippen molar-refractivity contribution >= 4 is 22.4 Å². The second-order valence-electron chi connectivity index (χ2n) is 9.59. The van der Waals surface area contributed by atoms with Gasteiger partial charge >= 0.3 is 0 Å². The molecule has 1 atom stereocenters. The van der Waals surface area contributed by atoms with Gasteiger partial charge in [0.2, 0.25) is 0 Å². The summed E-state index contributed by atoms with van der Waals surface area (Å²) in [4.78, 5) is 23.7. The Morgan fingerprint density at radius 2 is 1.77 bits per heavy atom. The summed E-state index contributed by atoms with van der Waals surface area (Å²) in [7, 11) is 0. The van der Waals surface area contributed by atoms with E-state index in [1.807, 2.05) is 47.6 Å². The number of pyridine rings is 2. The molecule has 2 aromatic heterocycles. The summed E-state index contributed by atoms with van der Waals surface area (Å²) in [6.45, 7) is 4.42. The van der Waals surface area contributed by atoms with E-state index in [0.29, 0.717) is 12.5 Å². The van der Waals surface area contributed by atoms with Crippen molar-refractivity contribution in [1.82, 2.24) is 14.9 Å². The second-order valence-corrected chi connectivity index (χ2v) is 9.59. The fourth-order valence-corrected chi connectivity index (χ4v) is 4.99. The third-order valence-corrected chi connectivity index (χ3v) is 7.08. The summed E-state index contributed by atoms with van der Waals surface area (Å²) >= 11 is 0. The van der Waals surface area contributed by atoms with Crippen molar-refractivity contribution in [2.24, 2.45) is 5.92 Å². The summed E-state index contributed by atoms with van der Waals surface area (Å²) in [5.41, 5.74) is 5.44. The molecule has 0 bridgehead atoms. The Hall–Kier alpha value is -3.73. The standard InChI is InChI=1S/C30H32N4O/c1-22-4-6-27(19-29(22)33-20-24-8-12-31-13-9-24)30(35)34-15-2-3-23(11-16-34)17-25-5-7-28-21-32-14-10-26(28)18-25/h4-10,12-14,18-19,21,23,33H,2-3,11,15-17,20H2,1H3/t23-/m1/s1. The van der Waals surface area contributed by atoms with Crippen molar-refractivity contribution < 1.29 is 4.79 Å². The van der Waals surface area contributed by atoms with E-state index in [1.54, 1.807) is 12.4 Å². The normalized spacial score (nSPS) is 16.1. The van der Waals surface area contributed by atoms with E-state index in [4.69, 9.17) is 0 Å². The highest BCUT2D eigenvalue weighted by Crippen LogP contribution is 2.26. The Morgan fingerprint density at radius 1 is 0.914 bits per heavy atom. The molecule has 1 aliphatic rings. The van der Waals surface area contributed by atoms with E-state index >= 15 is 0 Å². The minimum Gasteiger partial charge on any atom is -0.381 e. The van der Waals surface area contributed by atoms with Crippen LogP contribution in [0.15, 0.2) is 79.4 Å². The van der Waals surface area contributed by atoms with Gasteiger partial charge in [0.05, 0.1) is 0 Å². The zero-order valence-electron chi connectivity index (χ0n) is 20.3. The van der Waals surface area contributed by atoms with Crippen molar-refractivity contribution in [2.45, 2.75) is 39.2 Å². The van der Waals surface area contributed by atoms with Crippen LogP contribution in [0.4, 0.5) is 5.69 Å². The highest BCUT2D eigenvalue weighted by Gasteiger charge is 2.22. The van der Waals surface area contributed by atoms with Crippen molar-refractivity contribution in [3.8, 4) is 0 Å². The highest BCUT2D eigenvalue weighted by atomic mass is 16.2. The van der Waals surface area contributed by atoms with Crippen molar-refractivity contribution in [2.75, 3.05) is 18.4 Å². The first kappa shape index (κ1) is 23.0. The van der Waals surface area contributed by atoms with E-state index in [9.17, 15) is 4.79 Å². The molecule has 0 radical (unpaired) electrons. The molecule has 35 heavy (non-hydrogen) atoms. The van der Waals surface area contributed by atoms with Crippen LogP contribution in [0.3, 0.4) is 0 Å². The van der Waals surface area contributed by atoms with E-state index < -0.39 is 0 Å². The molecule has 1 N–H and O–H groups in total. The summed E-state index contributed by atoms with van der Waals surface area (Å²) < 4.78 is 0. The number of anilines is 1. The number of fused-ring (bicyclic) bond motifs is 1. The molecular weight excluding hydrogens is 432 g/mol. The first-order chi connectivity index (χ1) is 17.2. The number of benzene rings is 2. The molecule has 5 rings (SSSR count). The van der Waals surface area contributed by atoms with E-state index in [2.05, 4.69) is 46.5 Å². The molecule has 4 aromatic rings. The third-order valence-electron chi connectivity index (χ3n) is 7.08. The molecule has 2 aromatic carbocycles. The van der Waals surface area contributed by atoms with Gasteiger partial charge in [-0.3, -0.25) is 14.8 Å². The average molecular weight is 465 g/mol. The number of carbonyl (C=O) groups excluding carboxylic acids is 1. The predicted octanol–water partition coefficient (Wildman–Crippen LogP) is 6.04. The lowest BCUT2D eigenvalue weighted by Gasteiger charge is -2.22. The Labute approximate surface area is 207 Å². The maximum atomic E-state index is 13.4. The summed E-state index contributed by atoms with van der Waals surface area (Å²) in [5.74, 6) is 0.735. The van der Waals surface area contributed by atoms with Gasteiger partial charge in [0.25, 0.3) is 5.91 Å². The Morgan fingerprint density at radius 3 is 2.66 bits per heavy atom. The predicted molar refractivity (Wildman–Crippen MR) is 141 cm³/mol. The monoisotopic (exact) mass is 464 g/mol. The number of nitrogens with zero attached hydrogens (tertiary/aromatic N) is 3. The number of aryl methyl sites for hydroxylation is 1. The Kier molecular flexibility index (Phi) is 7.03. The summed E-state index contributed by atoms with van der Waals surface area (Å²) in [6, 6.07) is 18.8. The molecule has 5 heteroatoms. The van der Waals surface area contributed by atoms with Gasteiger partial charge in [0.1, 0.15) is 0 Å². The maximum absolute atomic E-state index is 13.4. The smallest absolute Gasteiger partial charge is 0.253 e. The molecule has 178 valence electrons. The average Bonchev–Trinajstić information content (AvgIpc) is 3.14.